The summed E-state index contributed by atoms with van der Waals surface area (Å²) in [6.07, 6.45) is 1.96. The Labute approximate surface area is 117 Å². The number of hydrogen-bond acceptors (Lipinski definition) is 4. The molecule has 0 amide bonds. The van der Waals surface area contributed by atoms with Gasteiger partial charge in [0, 0.05) is 10.1 Å². The molecule has 0 aliphatic heterocycles. The lowest BCUT2D eigenvalue weighted by atomic mass is 10.3. The maximum absolute atomic E-state index is 11.4. The van der Waals surface area contributed by atoms with E-state index in [1.54, 1.807) is 11.8 Å². The fraction of sp³-hybridized carbons (Fsp3) is 0.455. The van der Waals surface area contributed by atoms with Gasteiger partial charge in [-0.05, 0) is 25.0 Å². The first kappa shape index (κ1) is 15.6. The largest absolute Gasteiger partial charge is 0.398 e. The highest BCUT2D eigenvalue weighted by Gasteiger charge is 2.17. The first-order valence-corrected chi connectivity index (χ1v) is 8.38. The van der Waals surface area contributed by atoms with Crippen molar-refractivity contribution in [3.8, 4) is 0 Å². The van der Waals surface area contributed by atoms with Crippen molar-refractivity contribution < 1.29 is 8.42 Å². The van der Waals surface area contributed by atoms with Crippen molar-refractivity contribution in [1.82, 2.24) is 0 Å². The summed E-state index contributed by atoms with van der Waals surface area (Å²) in [6, 6.07) is 2.89. The van der Waals surface area contributed by atoms with E-state index in [-0.39, 0.29) is 10.6 Å². The van der Waals surface area contributed by atoms with Crippen molar-refractivity contribution in [1.29, 1.82) is 0 Å². The molecule has 0 fully saturated rings. The standard InChI is InChI=1S/C11H17ClN2O2S2/c1-3-7(4-2)17-10-6-11(18(14,15)16)9(13)5-8(10)12/h5-7H,3-4,13H2,1-2H3,(H2,14,15,16). The smallest absolute Gasteiger partial charge is 0.240 e. The van der Waals surface area contributed by atoms with E-state index < -0.39 is 10.0 Å². The van der Waals surface area contributed by atoms with E-state index in [0.717, 1.165) is 12.8 Å². The topological polar surface area (TPSA) is 86.2 Å². The molecule has 0 bridgehead atoms. The van der Waals surface area contributed by atoms with Crippen LogP contribution in [0.25, 0.3) is 0 Å². The highest BCUT2D eigenvalue weighted by atomic mass is 35.5. The van der Waals surface area contributed by atoms with Gasteiger partial charge in [-0.15, -0.1) is 11.8 Å². The molecule has 4 nitrogen and oxygen atoms in total. The van der Waals surface area contributed by atoms with Gasteiger partial charge in [-0.1, -0.05) is 25.4 Å². The predicted octanol–water partition coefficient (Wildman–Crippen LogP) is 2.85. The van der Waals surface area contributed by atoms with E-state index in [0.29, 0.717) is 15.2 Å². The number of thioether (sulfide) groups is 1. The van der Waals surface area contributed by atoms with E-state index in [9.17, 15) is 8.42 Å². The third-order valence-corrected chi connectivity index (χ3v) is 5.56. The summed E-state index contributed by atoms with van der Waals surface area (Å²) < 4.78 is 22.8. The molecule has 0 radical (unpaired) electrons. The third kappa shape index (κ3) is 3.78. The summed E-state index contributed by atoms with van der Waals surface area (Å²) in [5.41, 5.74) is 5.70. The SMILES string of the molecule is CCC(CC)Sc1cc(S(N)(=O)=O)c(N)cc1Cl. The van der Waals surface area contributed by atoms with Gasteiger partial charge in [0.1, 0.15) is 4.90 Å². The molecule has 7 heteroatoms. The fourth-order valence-electron chi connectivity index (χ4n) is 1.52. The maximum atomic E-state index is 11.4. The number of halogens is 1. The van der Waals surface area contributed by atoms with Crippen molar-refractivity contribution in [3.05, 3.63) is 17.2 Å². The number of sulfonamides is 1. The molecular formula is C11H17ClN2O2S2. The highest BCUT2D eigenvalue weighted by molar-refractivity contribution is 8.00. The van der Waals surface area contributed by atoms with E-state index >= 15 is 0 Å². The molecule has 0 aliphatic carbocycles. The van der Waals surface area contributed by atoms with Crippen LogP contribution in [0.2, 0.25) is 5.02 Å². The Kier molecular flexibility index (Phi) is 5.33. The Morgan fingerprint density at radius 1 is 1.33 bits per heavy atom. The van der Waals surface area contributed by atoms with E-state index in [1.807, 2.05) is 0 Å². The monoisotopic (exact) mass is 308 g/mol. The summed E-state index contributed by atoms with van der Waals surface area (Å²) in [4.78, 5) is 0.629. The van der Waals surface area contributed by atoms with E-state index in [1.165, 1.54) is 12.1 Å². The van der Waals surface area contributed by atoms with Gasteiger partial charge in [0.25, 0.3) is 0 Å². The number of primary sulfonamides is 1. The molecule has 0 unspecified atom stereocenters. The molecule has 0 spiro atoms. The van der Waals surface area contributed by atoms with Crippen molar-refractivity contribution in [2.45, 2.75) is 41.7 Å². The Morgan fingerprint density at radius 3 is 2.33 bits per heavy atom. The number of rotatable bonds is 5. The van der Waals surface area contributed by atoms with Crippen molar-refractivity contribution >= 4 is 39.1 Å². The van der Waals surface area contributed by atoms with Gasteiger partial charge >= 0.3 is 0 Å². The van der Waals surface area contributed by atoms with Crippen LogP contribution in [0, 0.1) is 0 Å². The molecule has 1 aromatic rings. The second-order valence-corrected chi connectivity index (χ2v) is 7.20. The average Bonchev–Trinajstić information content (AvgIpc) is 2.26. The summed E-state index contributed by atoms with van der Waals surface area (Å²) >= 11 is 7.62. The van der Waals surface area contributed by atoms with Gasteiger partial charge in [-0.3, -0.25) is 0 Å². The normalized spacial score (nSPS) is 12.1. The van der Waals surface area contributed by atoms with Gasteiger partial charge in [-0.25, -0.2) is 13.6 Å². The molecule has 0 atom stereocenters. The Hall–Kier alpha value is -0.430. The van der Waals surface area contributed by atoms with Crippen LogP contribution < -0.4 is 10.9 Å². The average molecular weight is 309 g/mol. The quantitative estimate of drug-likeness (QED) is 0.647. The lowest BCUT2D eigenvalue weighted by molar-refractivity contribution is 0.598. The number of nitrogens with two attached hydrogens (primary N) is 2. The molecule has 1 rings (SSSR count). The summed E-state index contributed by atoms with van der Waals surface area (Å²) in [5.74, 6) is 0. The van der Waals surface area contributed by atoms with Gasteiger partial charge in [0.15, 0.2) is 0 Å². The molecule has 0 aliphatic rings. The van der Waals surface area contributed by atoms with E-state index in [4.69, 9.17) is 22.5 Å². The van der Waals surface area contributed by atoms with Crippen LogP contribution in [0.1, 0.15) is 26.7 Å². The van der Waals surface area contributed by atoms with Gasteiger partial charge < -0.3 is 5.73 Å². The van der Waals surface area contributed by atoms with Crippen LogP contribution in [0.4, 0.5) is 5.69 Å². The molecule has 0 saturated carbocycles. The van der Waals surface area contributed by atoms with Crippen molar-refractivity contribution in [2.24, 2.45) is 5.14 Å². The van der Waals surface area contributed by atoms with Gasteiger partial charge in [0.05, 0.1) is 10.7 Å². The first-order valence-electron chi connectivity index (χ1n) is 5.58. The number of hydrogen-bond donors (Lipinski definition) is 2. The molecular weight excluding hydrogens is 292 g/mol. The van der Waals surface area contributed by atoms with Crippen LogP contribution in [0.5, 0.6) is 0 Å². The van der Waals surface area contributed by atoms with Gasteiger partial charge in [-0.2, -0.15) is 0 Å². The second-order valence-electron chi connectivity index (χ2n) is 3.92. The highest BCUT2D eigenvalue weighted by Crippen LogP contribution is 2.36. The Balaban J connectivity index is 3.21. The van der Waals surface area contributed by atoms with Crippen LogP contribution in [0.15, 0.2) is 21.9 Å². The van der Waals surface area contributed by atoms with Crippen LogP contribution in [-0.4, -0.2) is 13.7 Å². The zero-order valence-electron chi connectivity index (χ0n) is 10.3. The minimum atomic E-state index is -3.82. The molecule has 0 saturated heterocycles. The Bertz CT molecular complexity index is 528. The van der Waals surface area contributed by atoms with E-state index in [2.05, 4.69) is 13.8 Å². The van der Waals surface area contributed by atoms with Crippen LogP contribution in [-0.2, 0) is 10.0 Å². The minimum Gasteiger partial charge on any atom is -0.398 e. The first-order chi connectivity index (χ1) is 8.29. The lowest BCUT2D eigenvalue weighted by Crippen LogP contribution is -2.14. The number of nitrogen functional groups attached to an aromatic ring is 1. The maximum Gasteiger partial charge on any atom is 0.240 e. The fourth-order valence-corrected chi connectivity index (χ4v) is 3.62. The molecule has 4 N–H and O–H groups in total. The van der Waals surface area contributed by atoms with Crippen molar-refractivity contribution in [2.75, 3.05) is 5.73 Å². The molecule has 0 heterocycles. The molecule has 0 aromatic heterocycles. The Morgan fingerprint density at radius 2 is 1.89 bits per heavy atom. The summed E-state index contributed by atoms with van der Waals surface area (Å²) in [5, 5.41) is 5.96. The summed E-state index contributed by atoms with van der Waals surface area (Å²) in [6.45, 7) is 4.15. The third-order valence-electron chi connectivity index (χ3n) is 2.58. The summed E-state index contributed by atoms with van der Waals surface area (Å²) in [7, 11) is -3.82. The van der Waals surface area contributed by atoms with Crippen LogP contribution in [0.3, 0.4) is 0 Å². The minimum absolute atomic E-state index is 0.0691. The van der Waals surface area contributed by atoms with Crippen LogP contribution >= 0.6 is 23.4 Å². The molecule has 102 valence electrons. The molecule has 1 aromatic carbocycles. The number of benzene rings is 1. The lowest BCUT2D eigenvalue weighted by Gasteiger charge is -2.14. The second kappa shape index (κ2) is 6.14. The zero-order chi connectivity index (χ0) is 13.9. The van der Waals surface area contributed by atoms with Crippen molar-refractivity contribution in [3.63, 3.8) is 0 Å². The molecule has 18 heavy (non-hydrogen) atoms. The van der Waals surface area contributed by atoms with Gasteiger partial charge in [0.2, 0.25) is 10.0 Å². The number of anilines is 1. The zero-order valence-corrected chi connectivity index (χ0v) is 12.7. The predicted molar refractivity (Wildman–Crippen MR) is 77.5 cm³/mol.